The summed E-state index contributed by atoms with van der Waals surface area (Å²) in [6.45, 7) is 0.842. The maximum Gasteiger partial charge on any atom is 0.261 e. The first-order chi connectivity index (χ1) is 13.4. The van der Waals surface area contributed by atoms with Crippen LogP contribution in [0.4, 0.5) is 5.69 Å². The Kier molecular flexibility index (Phi) is 8.37. The average Bonchev–Trinajstić information content (AvgIpc) is 2.68. The quantitative estimate of drug-likeness (QED) is 0.430. The lowest BCUT2D eigenvalue weighted by Gasteiger charge is -2.12. The number of ether oxygens (including phenoxy) is 2. The van der Waals surface area contributed by atoms with Gasteiger partial charge in [-0.15, -0.1) is 0 Å². The fourth-order valence-electron chi connectivity index (χ4n) is 2.30. The monoisotopic (exact) mass is 465 g/mol. The van der Waals surface area contributed by atoms with Crippen molar-refractivity contribution in [2.45, 2.75) is 0 Å². The topological polar surface area (TPSA) is 88.7 Å². The molecule has 3 N–H and O–H groups in total. The normalized spacial score (nSPS) is 10.1. The fourth-order valence-corrected chi connectivity index (χ4v) is 2.87. The summed E-state index contributed by atoms with van der Waals surface area (Å²) in [5, 5.41) is 8.34. The van der Waals surface area contributed by atoms with Gasteiger partial charge in [-0.1, -0.05) is 22.0 Å². The molecule has 0 atom stereocenters. The summed E-state index contributed by atoms with van der Waals surface area (Å²) in [6.07, 6.45) is 0. The van der Waals surface area contributed by atoms with Gasteiger partial charge in [-0.05, 0) is 48.6 Å². The minimum Gasteiger partial charge on any atom is -0.496 e. The van der Waals surface area contributed by atoms with Crippen molar-refractivity contribution in [2.75, 3.05) is 32.7 Å². The third-order valence-electron chi connectivity index (χ3n) is 3.61. The molecule has 0 unspecified atom stereocenters. The summed E-state index contributed by atoms with van der Waals surface area (Å²) in [7, 11) is 3.05. The van der Waals surface area contributed by atoms with Crippen LogP contribution < -0.4 is 20.7 Å². The Morgan fingerprint density at radius 2 is 1.89 bits per heavy atom. The molecule has 2 aromatic rings. The third-order valence-corrected chi connectivity index (χ3v) is 4.30. The lowest BCUT2D eigenvalue weighted by molar-refractivity contribution is 0.0935. The number of thiocarbonyl (C=S) groups is 1. The van der Waals surface area contributed by atoms with Crippen molar-refractivity contribution in [3.05, 3.63) is 58.1 Å². The van der Waals surface area contributed by atoms with Gasteiger partial charge in [0.05, 0.1) is 19.3 Å². The second-order valence-corrected chi connectivity index (χ2v) is 6.91. The van der Waals surface area contributed by atoms with Gasteiger partial charge in [0, 0.05) is 29.4 Å². The van der Waals surface area contributed by atoms with Gasteiger partial charge < -0.3 is 20.1 Å². The molecule has 28 heavy (non-hydrogen) atoms. The number of carbonyl (C=O) groups excluding carboxylic acids is 2. The number of hydrogen-bond donors (Lipinski definition) is 3. The van der Waals surface area contributed by atoms with Crippen molar-refractivity contribution in [2.24, 2.45) is 0 Å². The van der Waals surface area contributed by atoms with Crippen LogP contribution in [0.3, 0.4) is 0 Å². The standard InChI is InChI=1S/C19H20BrN3O4S/c1-26-9-8-21-17(24)12-4-3-5-14(10-12)22-19(28)23-18(25)15-11-13(20)6-7-16(15)27-2/h3-7,10-11H,8-9H2,1-2H3,(H,21,24)(H2,22,23,25,28). The molecule has 0 saturated carbocycles. The Hall–Kier alpha value is -2.49. The van der Waals surface area contributed by atoms with Crippen LogP contribution in [0, 0.1) is 0 Å². The maximum absolute atomic E-state index is 12.5. The van der Waals surface area contributed by atoms with Gasteiger partial charge in [-0.3, -0.25) is 14.9 Å². The zero-order chi connectivity index (χ0) is 20.5. The number of nitrogens with one attached hydrogen (secondary N) is 3. The van der Waals surface area contributed by atoms with E-state index in [4.69, 9.17) is 21.7 Å². The summed E-state index contributed by atoms with van der Waals surface area (Å²) in [6, 6.07) is 11.9. The molecule has 0 heterocycles. The zero-order valence-electron chi connectivity index (χ0n) is 15.4. The highest BCUT2D eigenvalue weighted by atomic mass is 79.9. The van der Waals surface area contributed by atoms with Crippen LogP contribution in [-0.4, -0.2) is 44.3 Å². The lowest BCUT2D eigenvalue weighted by Crippen LogP contribution is -2.34. The molecule has 0 fully saturated rings. The molecular formula is C19H20BrN3O4S. The Morgan fingerprint density at radius 1 is 1.11 bits per heavy atom. The van der Waals surface area contributed by atoms with Gasteiger partial charge in [0.1, 0.15) is 5.75 Å². The van der Waals surface area contributed by atoms with E-state index in [0.717, 1.165) is 4.47 Å². The van der Waals surface area contributed by atoms with Crippen molar-refractivity contribution in [1.82, 2.24) is 10.6 Å². The number of rotatable bonds is 7. The highest BCUT2D eigenvalue weighted by molar-refractivity contribution is 9.10. The molecular weight excluding hydrogens is 446 g/mol. The Balaban J connectivity index is 2.01. The van der Waals surface area contributed by atoms with Crippen molar-refractivity contribution in [3.8, 4) is 5.75 Å². The number of methoxy groups -OCH3 is 2. The van der Waals surface area contributed by atoms with E-state index in [2.05, 4.69) is 31.9 Å². The number of carbonyl (C=O) groups is 2. The summed E-state index contributed by atoms with van der Waals surface area (Å²) < 4.78 is 10.9. The summed E-state index contributed by atoms with van der Waals surface area (Å²) in [4.78, 5) is 24.6. The van der Waals surface area contributed by atoms with Gasteiger partial charge in [0.15, 0.2) is 5.11 Å². The SMILES string of the molecule is COCCNC(=O)c1cccc(NC(=S)NC(=O)c2cc(Br)ccc2OC)c1. The van der Waals surface area contributed by atoms with E-state index in [0.29, 0.717) is 35.7 Å². The summed E-state index contributed by atoms with van der Waals surface area (Å²) in [5.74, 6) is -0.211. The second kappa shape index (κ2) is 10.7. The van der Waals surface area contributed by atoms with E-state index >= 15 is 0 Å². The van der Waals surface area contributed by atoms with Crippen molar-refractivity contribution >= 4 is 50.8 Å². The molecule has 2 aromatic carbocycles. The van der Waals surface area contributed by atoms with Crippen molar-refractivity contribution in [3.63, 3.8) is 0 Å². The number of anilines is 1. The molecule has 2 amide bonds. The highest BCUT2D eigenvalue weighted by Gasteiger charge is 2.14. The Morgan fingerprint density at radius 3 is 2.61 bits per heavy atom. The minimum atomic E-state index is -0.413. The predicted octanol–water partition coefficient (Wildman–Crippen LogP) is 2.96. The molecule has 7 nitrogen and oxygen atoms in total. The molecule has 0 aliphatic rings. The molecule has 0 spiro atoms. The van der Waals surface area contributed by atoms with Gasteiger partial charge >= 0.3 is 0 Å². The Bertz CT molecular complexity index is 876. The maximum atomic E-state index is 12.5. The third kappa shape index (κ3) is 6.29. The van der Waals surface area contributed by atoms with Crippen LogP contribution in [0.2, 0.25) is 0 Å². The lowest BCUT2D eigenvalue weighted by atomic mass is 10.2. The molecule has 0 radical (unpaired) electrons. The first-order valence-corrected chi connectivity index (χ1v) is 9.47. The Labute approximate surface area is 176 Å². The summed E-state index contributed by atoms with van der Waals surface area (Å²) in [5.41, 5.74) is 1.38. The van der Waals surface area contributed by atoms with Gasteiger partial charge in [0.25, 0.3) is 11.8 Å². The average molecular weight is 466 g/mol. The zero-order valence-corrected chi connectivity index (χ0v) is 17.8. The highest BCUT2D eigenvalue weighted by Crippen LogP contribution is 2.22. The molecule has 0 aliphatic carbocycles. The molecule has 9 heteroatoms. The fraction of sp³-hybridized carbons (Fsp3) is 0.211. The number of halogens is 1. The van der Waals surface area contributed by atoms with Crippen LogP contribution >= 0.6 is 28.1 Å². The largest absolute Gasteiger partial charge is 0.496 e. The molecule has 148 valence electrons. The first-order valence-electron chi connectivity index (χ1n) is 8.27. The number of amides is 2. The van der Waals surface area contributed by atoms with Crippen LogP contribution in [0.25, 0.3) is 0 Å². The van der Waals surface area contributed by atoms with Crippen LogP contribution in [0.15, 0.2) is 46.9 Å². The molecule has 0 aliphatic heterocycles. The van der Waals surface area contributed by atoms with Crippen LogP contribution in [-0.2, 0) is 4.74 Å². The van der Waals surface area contributed by atoms with E-state index in [1.54, 1.807) is 49.6 Å². The van der Waals surface area contributed by atoms with E-state index < -0.39 is 5.91 Å². The van der Waals surface area contributed by atoms with Gasteiger partial charge in [0.2, 0.25) is 0 Å². The molecule has 0 aromatic heterocycles. The smallest absolute Gasteiger partial charge is 0.261 e. The first kappa shape index (κ1) is 21.8. The van der Waals surface area contributed by atoms with E-state index in [1.807, 2.05) is 0 Å². The van der Waals surface area contributed by atoms with Gasteiger partial charge in [-0.2, -0.15) is 0 Å². The van der Waals surface area contributed by atoms with Gasteiger partial charge in [-0.25, -0.2) is 0 Å². The van der Waals surface area contributed by atoms with E-state index in [1.165, 1.54) is 7.11 Å². The van der Waals surface area contributed by atoms with E-state index in [-0.39, 0.29) is 11.0 Å². The van der Waals surface area contributed by atoms with Crippen molar-refractivity contribution in [1.29, 1.82) is 0 Å². The number of benzene rings is 2. The molecule has 0 saturated heterocycles. The summed E-state index contributed by atoms with van der Waals surface area (Å²) >= 11 is 8.53. The minimum absolute atomic E-state index is 0.101. The number of hydrogen-bond acceptors (Lipinski definition) is 5. The predicted molar refractivity (Wildman–Crippen MR) is 115 cm³/mol. The molecule has 0 bridgehead atoms. The molecule has 2 rings (SSSR count). The van der Waals surface area contributed by atoms with E-state index in [9.17, 15) is 9.59 Å². The second-order valence-electron chi connectivity index (χ2n) is 5.58. The van der Waals surface area contributed by atoms with Crippen LogP contribution in [0.5, 0.6) is 5.75 Å². The van der Waals surface area contributed by atoms with Crippen molar-refractivity contribution < 1.29 is 19.1 Å². The van der Waals surface area contributed by atoms with Crippen LogP contribution in [0.1, 0.15) is 20.7 Å².